The van der Waals surface area contributed by atoms with Crippen LogP contribution in [0.5, 0.6) is 0 Å². The lowest BCUT2D eigenvalue weighted by Crippen LogP contribution is -2.66. The molecule has 0 radical (unpaired) electrons. The number of aliphatic carboxylic acids is 1. The predicted octanol–water partition coefficient (Wildman–Crippen LogP) is 8.94. The van der Waals surface area contributed by atoms with Crippen LogP contribution in [0.4, 0.5) is 4.39 Å². The van der Waals surface area contributed by atoms with Crippen molar-refractivity contribution in [2.75, 3.05) is 33.7 Å². The number of benzene rings is 1. The van der Waals surface area contributed by atoms with Crippen LogP contribution in [0.15, 0.2) is 35.4 Å². The number of ether oxygens (including phenoxy) is 1. The van der Waals surface area contributed by atoms with E-state index in [0.29, 0.717) is 31.3 Å². The molecular weight excluding hydrogens is 720 g/mol. The topological polar surface area (TPSA) is 107 Å². The van der Waals surface area contributed by atoms with Gasteiger partial charge in [-0.15, -0.1) is 0 Å². The first-order chi connectivity index (χ1) is 26.4. The summed E-state index contributed by atoms with van der Waals surface area (Å²) in [5, 5.41) is 22.3. The summed E-state index contributed by atoms with van der Waals surface area (Å²) in [7, 11) is 4.10. The lowest BCUT2D eigenvalue weighted by Gasteiger charge is -2.72. The number of carbonyl (C=O) groups excluding carboxylic acids is 2. The van der Waals surface area contributed by atoms with Crippen LogP contribution in [0, 0.1) is 62.0 Å². The summed E-state index contributed by atoms with van der Waals surface area (Å²) in [6, 6.07) is 6.65. The fraction of sp³-hybridized carbons (Fsp3) is 0.771. The summed E-state index contributed by atoms with van der Waals surface area (Å²) in [5.74, 6) is -0.380. The zero-order chi connectivity index (χ0) is 42.1. The number of allylic oxidation sites excluding steroid dienone is 1. The average Bonchev–Trinajstić information content (AvgIpc) is 3.42. The van der Waals surface area contributed by atoms with Crippen molar-refractivity contribution >= 4 is 17.7 Å². The molecule has 0 amide bonds. The number of aliphatic hydroxyl groups excluding tert-OH is 1. The number of nitrogens with zero attached hydrogens (tertiary/aromatic N) is 2. The SMILES string of the molecule is CC(C)C1=C2C3CCC4C5(C)CCC(OC(=O)CC(C)(C)C(=O)O)C(C)(C)C5CCC4(C)C3(C)CCC2(C(O)CN(CCN(C)C)Cc2ccc(F)cc2)CC1=O. The number of rotatable bonds is 13. The molecule has 5 aliphatic rings. The van der Waals surface area contributed by atoms with Gasteiger partial charge >= 0.3 is 11.9 Å². The zero-order valence-electron chi connectivity index (χ0n) is 37.0. The first-order valence-electron chi connectivity index (χ1n) is 21.9. The van der Waals surface area contributed by atoms with Crippen LogP contribution >= 0.6 is 0 Å². The van der Waals surface area contributed by atoms with E-state index in [2.05, 4.69) is 72.4 Å². The molecule has 1 aromatic carbocycles. The number of Topliss-reactive ketones (excluding diaryl/α,β-unsaturated/α-hetero) is 1. The maximum atomic E-state index is 14.3. The van der Waals surface area contributed by atoms with Crippen molar-refractivity contribution in [2.45, 2.75) is 145 Å². The van der Waals surface area contributed by atoms with Gasteiger partial charge in [-0.3, -0.25) is 19.3 Å². The van der Waals surface area contributed by atoms with E-state index in [-0.39, 0.29) is 57.6 Å². The van der Waals surface area contributed by atoms with Crippen molar-refractivity contribution in [1.82, 2.24) is 9.80 Å². The second-order valence-corrected chi connectivity index (χ2v) is 21.7. The van der Waals surface area contributed by atoms with Gasteiger partial charge < -0.3 is 19.8 Å². The van der Waals surface area contributed by atoms with Gasteiger partial charge in [-0.2, -0.15) is 0 Å². The molecule has 9 atom stereocenters. The third-order valence-electron chi connectivity index (χ3n) is 17.1. The van der Waals surface area contributed by atoms with Crippen LogP contribution in [0.2, 0.25) is 0 Å². The van der Waals surface area contributed by atoms with E-state index >= 15 is 0 Å². The van der Waals surface area contributed by atoms with E-state index in [4.69, 9.17) is 4.74 Å². The summed E-state index contributed by atoms with van der Waals surface area (Å²) in [6.45, 7) is 22.2. The highest BCUT2D eigenvalue weighted by Crippen LogP contribution is 2.77. The number of carbonyl (C=O) groups is 3. The molecule has 8 nitrogen and oxygen atoms in total. The van der Waals surface area contributed by atoms with E-state index in [1.54, 1.807) is 13.8 Å². The average molecular weight is 793 g/mol. The molecule has 2 N–H and O–H groups in total. The Bertz CT molecular complexity index is 1740. The van der Waals surface area contributed by atoms with Gasteiger partial charge in [0.1, 0.15) is 11.9 Å². The molecule has 4 fully saturated rings. The Morgan fingerprint density at radius 1 is 0.912 bits per heavy atom. The van der Waals surface area contributed by atoms with Gasteiger partial charge in [0.15, 0.2) is 5.78 Å². The summed E-state index contributed by atoms with van der Waals surface area (Å²) < 4.78 is 20.0. The third kappa shape index (κ3) is 7.47. The Labute approximate surface area is 342 Å². The van der Waals surface area contributed by atoms with Gasteiger partial charge in [0.25, 0.3) is 0 Å². The standard InChI is InChI=1S/C48H73FN2O6/c1-30(2)40-34(52)26-48(37(53)29-51(25-24-50(10)11)28-31-12-14-32(49)15-13-31)23-22-46(8)33(41(40)48)16-17-36-45(7)20-19-38(57-39(54)27-43(3,4)42(55)56)44(5,6)35(45)18-21-47(36,46)9/h12-15,30,33,35-38,53H,16-29H2,1-11H3,(H,55,56). The molecule has 5 aliphatic carbocycles. The number of carboxylic acids is 1. The van der Waals surface area contributed by atoms with Gasteiger partial charge in [0.2, 0.25) is 0 Å². The number of carboxylic acid groups (broad SMARTS) is 1. The molecule has 0 aromatic heterocycles. The fourth-order valence-electron chi connectivity index (χ4n) is 13.8. The van der Waals surface area contributed by atoms with Crippen molar-refractivity contribution in [3.05, 3.63) is 46.8 Å². The summed E-state index contributed by atoms with van der Waals surface area (Å²) in [5.41, 5.74) is 1.21. The van der Waals surface area contributed by atoms with Crippen LogP contribution in [0.25, 0.3) is 0 Å². The van der Waals surface area contributed by atoms with Crippen LogP contribution < -0.4 is 0 Å². The largest absolute Gasteiger partial charge is 0.481 e. The minimum Gasteiger partial charge on any atom is -0.481 e. The van der Waals surface area contributed by atoms with Crippen molar-refractivity contribution in [3.8, 4) is 0 Å². The molecule has 0 heterocycles. The first-order valence-corrected chi connectivity index (χ1v) is 21.9. The van der Waals surface area contributed by atoms with Crippen molar-refractivity contribution in [3.63, 3.8) is 0 Å². The van der Waals surface area contributed by atoms with Crippen molar-refractivity contribution in [1.29, 1.82) is 0 Å². The molecule has 0 saturated heterocycles. The maximum Gasteiger partial charge on any atom is 0.309 e. The first kappa shape index (κ1) is 43.9. The Kier molecular flexibility index (Phi) is 11.9. The molecule has 4 saturated carbocycles. The van der Waals surface area contributed by atoms with Gasteiger partial charge in [-0.25, -0.2) is 4.39 Å². The summed E-state index contributed by atoms with van der Waals surface area (Å²) >= 11 is 0. The molecular formula is C48H73FN2O6. The highest BCUT2D eigenvalue weighted by atomic mass is 19.1. The van der Waals surface area contributed by atoms with Crippen molar-refractivity contribution in [2.24, 2.45) is 56.2 Å². The number of halogens is 1. The lowest BCUT2D eigenvalue weighted by molar-refractivity contribution is -0.235. The minimum atomic E-state index is -1.18. The Balaban J connectivity index is 1.29. The molecule has 0 bridgehead atoms. The molecule has 0 spiro atoms. The number of likely N-dealkylation sites (N-methyl/N-ethyl adjacent to an activating group) is 1. The number of fused-ring (bicyclic) bond motifs is 7. The second kappa shape index (κ2) is 15.4. The van der Waals surface area contributed by atoms with Crippen LogP contribution in [-0.2, 0) is 25.7 Å². The molecule has 9 heteroatoms. The molecule has 0 aliphatic heterocycles. The van der Waals surface area contributed by atoms with Crippen LogP contribution in [-0.4, -0.2) is 83.7 Å². The van der Waals surface area contributed by atoms with E-state index in [0.717, 1.165) is 75.6 Å². The van der Waals surface area contributed by atoms with E-state index < -0.39 is 28.9 Å². The van der Waals surface area contributed by atoms with E-state index in [1.165, 1.54) is 17.7 Å². The van der Waals surface area contributed by atoms with Gasteiger partial charge in [-0.1, -0.05) is 66.2 Å². The maximum absolute atomic E-state index is 14.3. The van der Waals surface area contributed by atoms with Gasteiger partial charge in [-0.05, 0) is 142 Å². The number of hydrogen-bond donors (Lipinski definition) is 2. The predicted molar refractivity (Wildman–Crippen MR) is 222 cm³/mol. The molecule has 57 heavy (non-hydrogen) atoms. The molecule has 9 unspecified atom stereocenters. The lowest BCUT2D eigenvalue weighted by atomic mass is 9.33. The zero-order valence-corrected chi connectivity index (χ0v) is 37.0. The summed E-state index contributed by atoms with van der Waals surface area (Å²) in [4.78, 5) is 43.7. The fourth-order valence-corrected chi connectivity index (χ4v) is 13.8. The van der Waals surface area contributed by atoms with Gasteiger partial charge in [0.05, 0.1) is 17.9 Å². The quantitative estimate of drug-likeness (QED) is 0.191. The number of aliphatic hydroxyl groups is 1. The number of ketones is 1. The Hall–Kier alpha value is -2.62. The monoisotopic (exact) mass is 793 g/mol. The highest BCUT2D eigenvalue weighted by molar-refractivity contribution is 6.00. The number of hydrogen-bond acceptors (Lipinski definition) is 7. The molecule has 1 aromatic rings. The summed E-state index contributed by atoms with van der Waals surface area (Å²) in [6.07, 6.45) is 6.88. The van der Waals surface area contributed by atoms with E-state index in [1.807, 2.05) is 12.1 Å². The van der Waals surface area contributed by atoms with E-state index in [9.17, 15) is 29.0 Å². The number of esters is 1. The normalized spacial score (nSPS) is 35.5. The second-order valence-electron chi connectivity index (χ2n) is 21.7. The smallest absolute Gasteiger partial charge is 0.309 e. The Morgan fingerprint density at radius 3 is 2.19 bits per heavy atom. The third-order valence-corrected chi connectivity index (χ3v) is 17.1. The molecule has 318 valence electrons. The molecule has 6 rings (SSSR count). The van der Waals surface area contributed by atoms with Crippen LogP contribution in [0.1, 0.15) is 132 Å². The Morgan fingerprint density at radius 2 is 1.58 bits per heavy atom. The minimum absolute atomic E-state index is 0.0183. The van der Waals surface area contributed by atoms with Crippen molar-refractivity contribution < 1.29 is 33.7 Å². The highest BCUT2D eigenvalue weighted by Gasteiger charge is 2.71. The van der Waals surface area contributed by atoms with Gasteiger partial charge in [0, 0.05) is 43.4 Å². The van der Waals surface area contributed by atoms with Crippen LogP contribution in [0.3, 0.4) is 0 Å².